The maximum atomic E-state index is 13.0. The lowest BCUT2D eigenvalue weighted by Gasteiger charge is -2.71. The van der Waals surface area contributed by atoms with Gasteiger partial charge in [0.25, 0.3) is 0 Å². The van der Waals surface area contributed by atoms with Crippen molar-refractivity contribution in [2.75, 3.05) is 26.4 Å². The Labute approximate surface area is 507 Å². The number of allylic oxidation sites excluding steroid dienone is 2. The van der Waals surface area contributed by atoms with Gasteiger partial charge in [0.15, 0.2) is 31.5 Å². The summed E-state index contributed by atoms with van der Waals surface area (Å²) in [5.41, 5.74) is -1.91. The molecular formula is C60H102O27. The quantitative estimate of drug-likeness (QED) is 0.0471. The van der Waals surface area contributed by atoms with E-state index in [0.29, 0.717) is 38.5 Å². The minimum Gasteiger partial charge on any atom is -0.394 e. The second kappa shape index (κ2) is 26.8. The maximum Gasteiger partial charge on any atom is 0.187 e. The smallest absolute Gasteiger partial charge is 0.187 e. The minimum absolute atomic E-state index is 0.0205. The molecular weight excluding hydrogens is 1150 g/mol. The normalized spacial score (nSPS) is 53.3. The van der Waals surface area contributed by atoms with Gasteiger partial charge in [-0.25, -0.2) is 0 Å². The first-order valence-corrected chi connectivity index (χ1v) is 31.3. The van der Waals surface area contributed by atoms with Crippen LogP contribution in [0.15, 0.2) is 11.6 Å². The monoisotopic (exact) mass is 1250 g/mol. The fourth-order valence-corrected chi connectivity index (χ4v) is 17.6. The molecule has 0 radical (unpaired) electrons. The van der Waals surface area contributed by atoms with E-state index in [-0.39, 0.29) is 29.1 Å². The summed E-state index contributed by atoms with van der Waals surface area (Å²) in [5, 5.41) is 185. The van der Waals surface area contributed by atoms with E-state index in [0.717, 1.165) is 24.8 Å². The summed E-state index contributed by atoms with van der Waals surface area (Å²) in [6, 6.07) is 0. The number of fused-ring (bicyclic) bond motifs is 5. The Balaban J connectivity index is 0.940. The number of hydrogen-bond donors (Lipinski definition) is 17. The predicted octanol–water partition coefficient (Wildman–Crippen LogP) is -3.35. The number of rotatable bonds is 18. The van der Waals surface area contributed by atoms with Gasteiger partial charge in [-0.3, -0.25) is 0 Å². The minimum atomic E-state index is -1.89. The number of aliphatic hydroxyl groups is 17. The van der Waals surface area contributed by atoms with Crippen molar-refractivity contribution in [2.45, 2.75) is 291 Å². The third-order valence-corrected chi connectivity index (χ3v) is 22.9. The Morgan fingerprint density at radius 1 is 0.506 bits per heavy atom. The summed E-state index contributed by atoms with van der Waals surface area (Å²) in [4.78, 5) is 0. The molecule has 0 spiro atoms. The van der Waals surface area contributed by atoms with Gasteiger partial charge in [-0.1, -0.05) is 46.3 Å². The lowest BCUT2D eigenvalue weighted by Crippen LogP contribution is -2.68. The van der Waals surface area contributed by atoms with Crippen molar-refractivity contribution in [1.82, 2.24) is 0 Å². The molecule has 4 aliphatic carbocycles. The van der Waals surface area contributed by atoms with Crippen molar-refractivity contribution in [3.63, 3.8) is 0 Å². The molecule has 87 heavy (non-hydrogen) atoms. The van der Waals surface area contributed by atoms with Crippen LogP contribution in [0.2, 0.25) is 0 Å². The van der Waals surface area contributed by atoms with Crippen molar-refractivity contribution in [1.29, 1.82) is 0 Å². The molecule has 27 heteroatoms. The topological polar surface area (TPSA) is 436 Å². The predicted molar refractivity (Wildman–Crippen MR) is 297 cm³/mol. The molecule has 5 saturated heterocycles. The molecule has 9 fully saturated rings. The third kappa shape index (κ3) is 12.7. The Hall–Kier alpha value is -1.34. The van der Waals surface area contributed by atoms with Gasteiger partial charge in [0.1, 0.15) is 116 Å². The zero-order chi connectivity index (χ0) is 63.9. The van der Waals surface area contributed by atoms with Crippen molar-refractivity contribution in [3.05, 3.63) is 11.6 Å². The van der Waals surface area contributed by atoms with Crippen molar-refractivity contribution in [2.24, 2.45) is 45.3 Å². The fraction of sp³-hybridized carbons (Fsp3) is 0.967. The Morgan fingerprint density at radius 2 is 0.989 bits per heavy atom. The number of aliphatic hydroxyl groups excluding tert-OH is 17. The first-order valence-electron chi connectivity index (χ1n) is 31.3. The molecule has 17 N–H and O–H groups in total. The van der Waals surface area contributed by atoms with E-state index in [2.05, 4.69) is 40.7 Å². The zero-order valence-electron chi connectivity index (χ0n) is 51.4. The molecule has 9 rings (SSSR count). The van der Waals surface area contributed by atoms with Crippen LogP contribution in [-0.4, -0.2) is 285 Å². The molecule has 9 aliphatic rings. The van der Waals surface area contributed by atoms with Crippen molar-refractivity contribution < 1.29 is 134 Å². The highest BCUT2D eigenvalue weighted by Crippen LogP contribution is 2.76. The second-order valence-electron chi connectivity index (χ2n) is 28.6. The van der Waals surface area contributed by atoms with Gasteiger partial charge in [0.05, 0.1) is 50.3 Å². The van der Waals surface area contributed by atoms with Gasteiger partial charge in [-0.05, 0) is 131 Å². The molecule has 0 unspecified atom stereocenters. The Bertz CT molecular complexity index is 2300. The van der Waals surface area contributed by atoms with Gasteiger partial charge in [0.2, 0.25) is 0 Å². The van der Waals surface area contributed by atoms with Crippen LogP contribution in [0.3, 0.4) is 0 Å². The molecule has 0 aromatic carbocycles. The van der Waals surface area contributed by atoms with Gasteiger partial charge in [-0.15, -0.1) is 0 Å². The number of ether oxygens (including phenoxy) is 10. The lowest BCUT2D eigenvalue weighted by atomic mass is 9.35. The van der Waals surface area contributed by atoms with Gasteiger partial charge < -0.3 is 134 Å². The zero-order valence-corrected chi connectivity index (χ0v) is 51.4. The largest absolute Gasteiger partial charge is 0.394 e. The first kappa shape index (κ1) is 70.0. The van der Waals surface area contributed by atoms with Crippen LogP contribution in [-0.2, 0) is 47.4 Å². The standard InChI is InChI=1S/C60H102O27/c1-24(2)11-10-15-60(9,87-54-49(77)44(72)39(67)30(83-54)22-79-52-47(75)42(70)37(65)28(20-61)81-52)26-12-17-59(8)35(26)27(63)19-33-57(6)16-14-34(56(4,5)32(57)13-18-58(33,59)7)85-55-50(86-53-48(76)43(71)38(66)29(21-62)82-53)45(73)40(68)31(84-55)23-78-51-46(74)41(69)36(64)25(3)80-51/h11,25-55,61-77H,10,12-23H2,1-9H3/t25-,26+,27-,28-,29-,30-,31+,32-,33-,34-,35+,36-,37-,38-,39-,40+,41+,42+,43+,44+,45-,46-,47-,48-,49-,50+,51-,52-,53+,54+,55-,57-,58-,59+,60-/m0/s1. The lowest BCUT2D eigenvalue weighted by molar-refractivity contribution is -0.382. The van der Waals surface area contributed by atoms with Crippen LogP contribution < -0.4 is 0 Å². The molecule has 0 bridgehead atoms. The van der Waals surface area contributed by atoms with Crippen LogP contribution in [0.5, 0.6) is 0 Å². The van der Waals surface area contributed by atoms with Crippen molar-refractivity contribution >= 4 is 0 Å². The summed E-state index contributed by atoms with van der Waals surface area (Å²) in [6.07, 6.45) is -34.1. The van der Waals surface area contributed by atoms with E-state index in [1.54, 1.807) is 0 Å². The van der Waals surface area contributed by atoms with E-state index >= 15 is 0 Å². The molecule has 35 atom stereocenters. The molecule has 5 aliphatic heterocycles. The second-order valence-corrected chi connectivity index (χ2v) is 28.6. The van der Waals surface area contributed by atoms with E-state index in [1.807, 2.05) is 20.8 Å². The summed E-state index contributed by atoms with van der Waals surface area (Å²) in [6.45, 7) is 15.9. The van der Waals surface area contributed by atoms with Gasteiger partial charge in [0, 0.05) is 0 Å². The highest BCUT2D eigenvalue weighted by molar-refractivity contribution is 5.21. The molecule has 0 aromatic heterocycles. The molecule has 0 amide bonds. The van der Waals surface area contributed by atoms with Crippen LogP contribution in [0.4, 0.5) is 0 Å². The molecule has 504 valence electrons. The van der Waals surface area contributed by atoms with Crippen LogP contribution in [0.1, 0.15) is 120 Å². The molecule has 4 saturated carbocycles. The average Bonchev–Trinajstić information content (AvgIpc) is 1.67. The molecule has 5 heterocycles. The maximum absolute atomic E-state index is 13.0. The molecule has 0 aromatic rings. The summed E-state index contributed by atoms with van der Waals surface area (Å²) in [7, 11) is 0. The fourth-order valence-electron chi connectivity index (χ4n) is 17.6. The van der Waals surface area contributed by atoms with Gasteiger partial charge >= 0.3 is 0 Å². The highest BCUT2D eigenvalue weighted by atomic mass is 16.8. The average molecular weight is 1260 g/mol. The Kier molecular flexibility index (Phi) is 21.6. The first-order chi connectivity index (χ1) is 40.7. The Morgan fingerprint density at radius 3 is 1.56 bits per heavy atom. The highest BCUT2D eigenvalue weighted by Gasteiger charge is 2.72. The van der Waals surface area contributed by atoms with E-state index in [1.165, 1.54) is 6.92 Å². The summed E-state index contributed by atoms with van der Waals surface area (Å²) < 4.78 is 61.1. The summed E-state index contributed by atoms with van der Waals surface area (Å²) >= 11 is 0. The van der Waals surface area contributed by atoms with Crippen molar-refractivity contribution in [3.8, 4) is 0 Å². The van der Waals surface area contributed by atoms with E-state index < -0.39 is 214 Å². The van der Waals surface area contributed by atoms with Crippen LogP contribution in [0, 0.1) is 45.3 Å². The summed E-state index contributed by atoms with van der Waals surface area (Å²) in [5.74, 6) is -0.686. The van der Waals surface area contributed by atoms with Crippen LogP contribution in [0.25, 0.3) is 0 Å². The third-order valence-electron chi connectivity index (χ3n) is 22.9. The van der Waals surface area contributed by atoms with Crippen LogP contribution >= 0.6 is 0 Å². The SMILES string of the molecule is CC(C)=CCC[C@](C)(O[C@H]1O[C@@H](CO[C@H]2O[C@@H](CO)[C@H](O)[C@@H](O)[C@@H]2O)[C@H](O)[C@@H](O)[C@@H]1O)[C@@H]1CC[C@]2(C)[C@H]1[C@@H](O)C[C@H]1[C@@]3(C)CC[C@H](O[C@@H]4O[C@H](CO[C@H]5O[C@@H](C)[C@H](O)[C@@H](O)[C@@H]5O)[C@@H](O)[C@H](O)[C@H]4O[C@H]4O[C@@H](CO)[C@H](O)[C@@H](O)[C@@H]4O)C(C)(C)[C@@H]3CC[C@@]12C. The van der Waals surface area contributed by atoms with E-state index in [9.17, 15) is 86.8 Å². The van der Waals surface area contributed by atoms with Gasteiger partial charge in [-0.2, -0.15) is 0 Å². The number of hydrogen-bond acceptors (Lipinski definition) is 27. The molecule has 27 nitrogen and oxygen atoms in total. The van der Waals surface area contributed by atoms with E-state index in [4.69, 9.17) is 47.4 Å².